The number of para-hydroxylation sites is 1. The van der Waals surface area contributed by atoms with Crippen LogP contribution in [0.2, 0.25) is 0 Å². The summed E-state index contributed by atoms with van der Waals surface area (Å²) in [4.78, 5) is 8.60. The summed E-state index contributed by atoms with van der Waals surface area (Å²) in [5.74, 6) is 0.843. The monoisotopic (exact) mass is 401 g/mol. The number of nitrogens with one attached hydrogen (secondary N) is 1. The minimum Gasteiger partial charge on any atom is -0.492 e. The number of hydrogen-bond donors (Lipinski definition) is 2. The maximum absolute atomic E-state index is 5.88. The summed E-state index contributed by atoms with van der Waals surface area (Å²) in [5, 5.41) is 2.44. The number of rotatable bonds is 8. The van der Waals surface area contributed by atoms with Crippen molar-refractivity contribution in [3.05, 3.63) is 59.3 Å². The van der Waals surface area contributed by atoms with Crippen molar-refractivity contribution in [2.24, 2.45) is 5.73 Å². The smallest absolute Gasteiger partial charge is 0.145 e. The summed E-state index contributed by atoms with van der Waals surface area (Å²) < 4.78 is 5.88. The second kappa shape index (κ2) is 8.88. The van der Waals surface area contributed by atoms with E-state index in [1.54, 1.807) is 0 Å². The molecular weight excluding hydrogens is 370 g/mol. The third-order valence-corrected chi connectivity index (χ3v) is 5.82. The molecule has 30 heavy (non-hydrogen) atoms. The lowest BCUT2D eigenvalue weighted by Gasteiger charge is -2.12. The maximum atomic E-state index is 5.88. The zero-order valence-corrected chi connectivity index (χ0v) is 18.2. The molecule has 0 bridgehead atoms. The van der Waals surface area contributed by atoms with Gasteiger partial charge < -0.3 is 15.5 Å². The molecule has 0 aliphatic carbocycles. The van der Waals surface area contributed by atoms with Crippen LogP contribution in [0.15, 0.2) is 42.5 Å². The van der Waals surface area contributed by atoms with E-state index in [1.165, 1.54) is 33.3 Å². The first-order valence-corrected chi connectivity index (χ1v) is 11.0. The molecule has 0 saturated carbocycles. The van der Waals surface area contributed by atoms with Crippen LogP contribution in [0.1, 0.15) is 43.5 Å². The van der Waals surface area contributed by atoms with E-state index in [0.717, 1.165) is 54.6 Å². The van der Waals surface area contributed by atoms with E-state index >= 15 is 0 Å². The van der Waals surface area contributed by atoms with Gasteiger partial charge in [0.1, 0.15) is 11.3 Å². The molecule has 2 heterocycles. The van der Waals surface area contributed by atoms with Crippen LogP contribution in [-0.4, -0.2) is 23.1 Å². The summed E-state index contributed by atoms with van der Waals surface area (Å²) in [6.45, 7) is 7.60. The van der Waals surface area contributed by atoms with E-state index in [9.17, 15) is 0 Å². The van der Waals surface area contributed by atoms with Crippen molar-refractivity contribution in [2.45, 2.75) is 46.5 Å². The van der Waals surface area contributed by atoms with Crippen molar-refractivity contribution in [1.29, 1.82) is 0 Å². The lowest BCUT2D eigenvalue weighted by Crippen LogP contribution is -2.00. The molecule has 0 spiro atoms. The molecule has 0 aliphatic rings. The van der Waals surface area contributed by atoms with Gasteiger partial charge in [0, 0.05) is 27.5 Å². The van der Waals surface area contributed by atoms with Crippen molar-refractivity contribution in [1.82, 2.24) is 9.97 Å². The Morgan fingerprint density at radius 1 is 1.00 bits per heavy atom. The van der Waals surface area contributed by atoms with Crippen molar-refractivity contribution in [3.8, 4) is 17.0 Å². The molecule has 4 aromatic rings. The summed E-state index contributed by atoms with van der Waals surface area (Å²) in [5.41, 5.74) is 14.1. The summed E-state index contributed by atoms with van der Waals surface area (Å²) in [6.07, 6.45) is 4.13. The summed E-state index contributed by atoms with van der Waals surface area (Å²) in [6, 6.07) is 15.1. The van der Waals surface area contributed by atoms with E-state index in [2.05, 4.69) is 54.4 Å². The Kier molecular flexibility index (Phi) is 6.05. The van der Waals surface area contributed by atoms with Gasteiger partial charge in [-0.2, -0.15) is 0 Å². The van der Waals surface area contributed by atoms with Crippen LogP contribution in [0.3, 0.4) is 0 Å². The summed E-state index contributed by atoms with van der Waals surface area (Å²) in [7, 11) is 0. The fourth-order valence-electron chi connectivity index (χ4n) is 4.34. The minimum absolute atomic E-state index is 0.626. The van der Waals surface area contributed by atoms with Crippen LogP contribution in [-0.2, 0) is 12.8 Å². The van der Waals surface area contributed by atoms with Gasteiger partial charge in [0.2, 0.25) is 0 Å². The highest BCUT2D eigenvalue weighted by Gasteiger charge is 2.18. The number of aromatic nitrogens is 2. The largest absolute Gasteiger partial charge is 0.492 e. The molecule has 4 heteroatoms. The molecular formula is C26H31N3O. The number of pyridine rings is 1. The molecule has 0 unspecified atom stereocenters. The van der Waals surface area contributed by atoms with Crippen LogP contribution in [0.25, 0.3) is 33.1 Å². The first-order valence-electron chi connectivity index (χ1n) is 11.0. The third kappa shape index (κ3) is 3.68. The molecule has 0 fully saturated rings. The number of ether oxygens (including phenoxy) is 1. The minimum atomic E-state index is 0.626. The number of unbranched alkanes of at least 4 members (excludes halogenated alkanes) is 1. The van der Waals surface area contributed by atoms with Crippen molar-refractivity contribution in [3.63, 3.8) is 0 Å². The van der Waals surface area contributed by atoms with Crippen LogP contribution >= 0.6 is 0 Å². The van der Waals surface area contributed by atoms with Gasteiger partial charge in [-0.05, 0) is 75.4 Å². The Labute approximate surface area is 178 Å². The molecule has 2 aromatic carbocycles. The maximum Gasteiger partial charge on any atom is 0.145 e. The predicted molar refractivity (Wildman–Crippen MR) is 126 cm³/mol. The number of aromatic amines is 1. The van der Waals surface area contributed by atoms with Crippen molar-refractivity contribution < 1.29 is 4.74 Å². The molecule has 0 saturated heterocycles. The molecule has 0 amide bonds. The van der Waals surface area contributed by atoms with Gasteiger partial charge in [-0.1, -0.05) is 31.2 Å². The number of aryl methyl sites for hydroxylation is 3. The fourth-order valence-corrected chi connectivity index (χ4v) is 4.34. The molecule has 4 nitrogen and oxygen atoms in total. The second-order valence-corrected chi connectivity index (χ2v) is 7.81. The number of nitrogens with zero attached hydrogens (tertiary/aromatic N) is 1. The van der Waals surface area contributed by atoms with Gasteiger partial charge in [0.05, 0.1) is 12.3 Å². The number of fused-ring (bicyclic) bond motifs is 2. The Hall–Kier alpha value is -2.85. The Morgan fingerprint density at radius 2 is 1.87 bits per heavy atom. The quantitative estimate of drug-likeness (QED) is 0.359. The van der Waals surface area contributed by atoms with Crippen molar-refractivity contribution in [2.75, 3.05) is 13.2 Å². The molecule has 0 radical (unpaired) electrons. The van der Waals surface area contributed by atoms with E-state index in [4.69, 9.17) is 15.5 Å². The number of benzene rings is 2. The van der Waals surface area contributed by atoms with Gasteiger partial charge in [0.25, 0.3) is 0 Å². The first kappa shape index (κ1) is 20.4. The molecule has 3 N–H and O–H groups in total. The Balaban J connectivity index is 1.97. The zero-order chi connectivity index (χ0) is 21.1. The highest BCUT2D eigenvalue weighted by atomic mass is 16.5. The predicted octanol–water partition coefficient (Wildman–Crippen LogP) is 5.93. The normalized spacial score (nSPS) is 11.5. The summed E-state index contributed by atoms with van der Waals surface area (Å²) >= 11 is 0. The van der Waals surface area contributed by atoms with E-state index < -0.39 is 0 Å². The highest BCUT2D eigenvalue weighted by molar-refractivity contribution is 6.02. The SMILES string of the molecule is CCOc1ccc(-c2[nH]c3c(CC)cccc3c2CCCCN)c2ccc(C)nc12. The van der Waals surface area contributed by atoms with Gasteiger partial charge >= 0.3 is 0 Å². The molecule has 4 rings (SSSR count). The number of nitrogens with two attached hydrogens (primary N) is 1. The lowest BCUT2D eigenvalue weighted by molar-refractivity contribution is 0.343. The van der Waals surface area contributed by atoms with E-state index in [0.29, 0.717) is 6.61 Å². The van der Waals surface area contributed by atoms with Crippen LogP contribution < -0.4 is 10.5 Å². The van der Waals surface area contributed by atoms with Crippen LogP contribution in [0.4, 0.5) is 0 Å². The highest BCUT2D eigenvalue weighted by Crippen LogP contribution is 2.39. The standard InChI is InChI=1S/C26H31N3O/c1-4-18-9-8-11-19-20(10-6-7-16-27)25(29-24(18)19)21-14-15-23(30-5-2)26-22(21)13-12-17(3)28-26/h8-9,11-15,29H,4-7,10,16,27H2,1-3H3. The topological polar surface area (TPSA) is 63.9 Å². The van der Waals surface area contributed by atoms with Crippen molar-refractivity contribution >= 4 is 21.8 Å². The first-order chi connectivity index (χ1) is 14.7. The van der Waals surface area contributed by atoms with Gasteiger partial charge in [-0.15, -0.1) is 0 Å². The zero-order valence-electron chi connectivity index (χ0n) is 18.2. The second-order valence-electron chi connectivity index (χ2n) is 7.81. The van der Waals surface area contributed by atoms with Crippen LogP contribution in [0, 0.1) is 6.92 Å². The number of H-pyrrole nitrogens is 1. The average Bonchev–Trinajstić information content (AvgIpc) is 3.13. The van der Waals surface area contributed by atoms with E-state index in [1.807, 2.05) is 13.8 Å². The molecule has 156 valence electrons. The van der Waals surface area contributed by atoms with Gasteiger partial charge in [-0.3, -0.25) is 0 Å². The van der Waals surface area contributed by atoms with Gasteiger partial charge in [0.15, 0.2) is 0 Å². The third-order valence-electron chi connectivity index (χ3n) is 5.82. The van der Waals surface area contributed by atoms with Crippen LogP contribution in [0.5, 0.6) is 5.75 Å². The Morgan fingerprint density at radius 3 is 2.63 bits per heavy atom. The Bertz CT molecular complexity index is 1180. The fraction of sp³-hybridized carbons (Fsp3) is 0.346. The lowest BCUT2D eigenvalue weighted by atomic mass is 9.96. The average molecular weight is 402 g/mol. The number of hydrogen-bond acceptors (Lipinski definition) is 3. The van der Waals surface area contributed by atoms with E-state index in [-0.39, 0.29) is 0 Å². The molecule has 0 atom stereocenters. The van der Waals surface area contributed by atoms with Gasteiger partial charge in [-0.25, -0.2) is 4.98 Å². The molecule has 0 aliphatic heterocycles. The molecule has 2 aromatic heterocycles.